The van der Waals surface area contributed by atoms with E-state index < -0.39 is 0 Å². The SMILES string of the molecule is Cc1cc(-c2ccccc2)c(C)c(C)c1C.[Na]. The van der Waals surface area contributed by atoms with E-state index in [9.17, 15) is 0 Å². The Hall–Kier alpha value is -0.560. The van der Waals surface area contributed by atoms with Gasteiger partial charge in [0, 0.05) is 29.6 Å². The zero-order chi connectivity index (χ0) is 11.7. The Morgan fingerprint density at radius 1 is 0.706 bits per heavy atom. The third-order valence-corrected chi connectivity index (χ3v) is 3.57. The van der Waals surface area contributed by atoms with Crippen molar-refractivity contribution < 1.29 is 0 Å². The zero-order valence-electron chi connectivity index (χ0n) is 11.5. The van der Waals surface area contributed by atoms with E-state index in [0.717, 1.165) is 0 Å². The van der Waals surface area contributed by atoms with E-state index in [1.54, 1.807) is 0 Å². The van der Waals surface area contributed by atoms with Crippen LogP contribution in [0.15, 0.2) is 36.4 Å². The second-order valence-electron chi connectivity index (χ2n) is 4.48. The van der Waals surface area contributed by atoms with Crippen LogP contribution in [0.25, 0.3) is 11.1 Å². The van der Waals surface area contributed by atoms with Crippen molar-refractivity contribution in [3.05, 3.63) is 58.7 Å². The van der Waals surface area contributed by atoms with E-state index in [-0.39, 0.29) is 29.6 Å². The summed E-state index contributed by atoms with van der Waals surface area (Å²) in [7, 11) is 0. The fourth-order valence-corrected chi connectivity index (χ4v) is 2.13. The van der Waals surface area contributed by atoms with Gasteiger partial charge in [-0.1, -0.05) is 36.4 Å². The summed E-state index contributed by atoms with van der Waals surface area (Å²) in [5, 5.41) is 0. The minimum absolute atomic E-state index is 0. The minimum Gasteiger partial charge on any atom is -0.0622 e. The first-order valence-electron chi connectivity index (χ1n) is 5.74. The smallest absolute Gasteiger partial charge is 0 e. The molecule has 0 spiro atoms. The van der Waals surface area contributed by atoms with Crippen LogP contribution in [0.4, 0.5) is 0 Å². The summed E-state index contributed by atoms with van der Waals surface area (Å²) < 4.78 is 0. The van der Waals surface area contributed by atoms with Crippen molar-refractivity contribution in [1.29, 1.82) is 0 Å². The molecule has 0 aromatic heterocycles. The third-order valence-electron chi connectivity index (χ3n) is 3.57. The summed E-state index contributed by atoms with van der Waals surface area (Å²) in [6.45, 7) is 8.81. The van der Waals surface area contributed by atoms with Crippen LogP contribution in [0.3, 0.4) is 0 Å². The van der Waals surface area contributed by atoms with Crippen LogP contribution in [-0.2, 0) is 0 Å². The number of hydrogen-bond donors (Lipinski definition) is 0. The van der Waals surface area contributed by atoms with E-state index >= 15 is 0 Å². The molecule has 17 heavy (non-hydrogen) atoms. The maximum absolute atomic E-state index is 2.30. The molecule has 0 saturated carbocycles. The fourth-order valence-electron chi connectivity index (χ4n) is 2.13. The van der Waals surface area contributed by atoms with Crippen molar-refractivity contribution in [2.24, 2.45) is 0 Å². The standard InChI is InChI=1S/C16H18.Na/c1-11-10-16(14(4)13(3)12(11)2)15-8-6-5-7-9-15;/h5-10H,1-4H3;. The van der Waals surface area contributed by atoms with E-state index in [4.69, 9.17) is 0 Å². The van der Waals surface area contributed by atoms with Gasteiger partial charge in [0.2, 0.25) is 0 Å². The Balaban J connectivity index is 0.00000144. The maximum Gasteiger partial charge on any atom is 0 e. The van der Waals surface area contributed by atoms with Gasteiger partial charge in [-0.15, -0.1) is 0 Å². The summed E-state index contributed by atoms with van der Waals surface area (Å²) in [5.41, 5.74) is 8.28. The van der Waals surface area contributed by atoms with Crippen molar-refractivity contribution in [2.45, 2.75) is 27.7 Å². The van der Waals surface area contributed by atoms with Crippen LogP contribution in [-0.4, -0.2) is 29.6 Å². The minimum atomic E-state index is 0. The van der Waals surface area contributed by atoms with Gasteiger partial charge in [-0.2, -0.15) is 0 Å². The molecule has 0 bridgehead atoms. The predicted octanol–water partition coefficient (Wildman–Crippen LogP) is 4.21. The van der Waals surface area contributed by atoms with E-state index in [1.165, 1.54) is 33.4 Å². The summed E-state index contributed by atoms with van der Waals surface area (Å²) in [5.74, 6) is 0. The normalized spacial score (nSPS) is 9.88. The van der Waals surface area contributed by atoms with E-state index in [0.29, 0.717) is 0 Å². The Kier molecular flexibility index (Phi) is 5.00. The molecular weight excluding hydrogens is 215 g/mol. The molecule has 2 rings (SSSR count). The largest absolute Gasteiger partial charge is 0.0622 e. The van der Waals surface area contributed by atoms with Crippen molar-refractivity contribution >= 4 is 29.6 Å². The molecule has 0 fully saturated rings. The third kappa shape index (κ3) is 2.82. The molecular formula is C16H18Na. The molecule has 2 aromatic rings. The fraction of sp³-hybridized carbons (Fsp3) is 0.250. The van der Waals surface area contributed by atoms with Gasteiger partial charge < -0.3 is 0 Å². The molecule has 0 unspecified atom stereocenters. The molecule has 0 aliphatic rings. The van der Waals surface area contributed by atoms with Crippen molar-refractivity contribution in [2.75, 3.05) is 0 Å². The molecule has 0 saturated heterocycles. The Morgan fingerprint density at radius 2 is 1.29 bits per heavy atom. The summed E-state index contributed by atoms with van der Waals surface area (Å²) in [6.07, 6.45) is 0. The van der Waals surface area contributed by atoms with Gasteiger partial charge in [-0.3, -0.25) is 0 Å². The van der Waals surface area contributed by atoms with Gasteiger partial charge in [0.25, 0.3) is 0 Å². The van der Waals surface area contributed by atoms with Crippen LogP contribution in [0.5, 0.6) is 0 Å². The van der Waals surface area contributed by atoms with Crippen molar-refractivity contribution in [3.8, 4) is 11.1 Å². The van der Waals surface area contributed by atoms with Crippen molar-refractivity contribution in [3.63, 3.8) is 0 Å². The number of benzene rings is 2. The van der Waals surface area contributed by atoms with Gasteiger partial charge >= 0.3 is 0 Å². The summed E-state index contributed by atoms with van der Waals surface area (Å²) in [4.78, 5) is 0. The molecule has 0 N–H and O–H groups in total. The number of hydrogen-bond acceptors (Lipinski definition) is 0. The van der Waals surface area contributed by atoms with E-state index in [2.05, 4.69) is 64.1 Å². The summed E-state index contributed by atoms with van der Waals surface area (Å²) >= 11 is 0. The molecule has 83 valence electrons. The number of rotatable bonds is 1. The monoisotopic (exact) mass is 233 g/mol. The zero-order valence-corrected chi connectivity index (χ0v) is 13.5. The first-order chi connectivity index (χ1) is 7.61. The molecule has 0 aliphatic carbocycles. The molecule has 1 radical (unpaired) electrons. The van der Waals surface area contributed by atoms with E-state index in [1.807, 2.05) is 0 Å². The van der Waals surface area contributed by atoms with Gasteiger partial charge in [-0.25, -0.2) is 0 Å². The van der Waals surface area contributed by atoms with Crippen molar-refractivity contribution in [1.82, 2.24) is 0 Å². The van der Waals surface area contributed by atoms with Crippen LogP contribution in [0.2, 0.25) is 0 Å². The molecule has 0 nitrogen and oxygen atoms in total. The van der Waals surface area contributed by atoms with Crippen LogP contribution in [0, 0.1) is 27.7 Å². The van der Waals surface area contributed by atoms with Gasteiger partial charge in [-0.05, 0) is 61.1 Å². The quantitative estimate of drug-likeness (QED) is 0.647. The molecule has 0 aliphatic heterocycles. The average molecular weight is 233 g/mol. The summed E-state index contributed by atoms with van der Waals surface area (Å²) in [6, 6.07) is 12.9. The molecule has 0 heterocycles. The van der Waals surface area contributed by atoms with Gasteiger partial charge in [0.15, 0.2) is 0 Å². The van der Waals surface area contributed by atoms with Crippen LogP contribution in [0.1, 0.15) is 22.3 Å². The Bertz CT molecular complexity index is 513. The second kappa shape index (κ2) is 5.86. The second-order valence-corrected chi connectivity index (χ2v) is 4.48. The topological polar surface area (TPSA) is 0 Å². The van der Waals surface area contributed by atoms with Crippen LogP contribution < -0.4 is 0 Å². The molecule has 0 atom stereocenters. The molecule has 1 heteroatoms. The average Bonchev–Trinajstić information content (AvgIpc) is 2.32. The number of aryl methyl sites for hydroxylation is 1. The Morgan fingerprint density at radius 3 is 1.88 bits per heavy atom. The van der Waals surface area contributed by atoms with Crippen LogP contribution >= 0.6 is 0 Å². The van der Waals surface area contributed by atoms with Gasteiger partial charge in [0.1, 0.15) is 0 Å². The first-order valence-corrected chi connectivity index (χ1v) is 5.74. The first kappa shape index (κ1) is 14.5. The molecule has 2 aromatic carbocycles. The van der Waals surface area contributed by atoms with Gasteiger partial charge in [0.05, 0.1) is 0 Å². The molecule has 0 amide bonds. The predicted molar refractivity (Wildman–Crippen MR) is 76.6 cm³/mol. The Labute approximate surface area is 126 Å². The maximum atomic E-state index is 2.30.